The first-order valence-electron chi connectivity index (χ1n) is 7.28. The largest absolute Gasteiger partial charge is 0.477 e. The number of rotatable bonds is 3. The number of aromatic nitrogens is 2. The smallest absolute Gasteiger partial charge is 0.349 e. The summed E-state index contributed by atoms with van der Waals surface area (Å²) in [5.74, 6) is -4.52. The summed E-state index contributed by atoms with van der Waals surface area (Å²) in [5.41, 5.74) is -2.18. The second kappa shape index (κ2) is 6.16. The van der Waals surface area contributed by atoms with E-state index in [2.05, 4.69) is 5.32 Å². The second-order valence-corrected chi connectivity index (χ2v) is 7.48. The summed E-state index contributed by atoms with van der Waals surface area (Å²) in [6, 6.07) is 2.68. The third-order valence-electron chi connectivity index (χ3n) is 3.94. The first-order chi connectivity index (χ1) is 12.6. The maximum absolute atomic E-state index is 13.4. The van der Waals surface area contributed by atoms with Crippen molar-refractivity contribution < 1.29 is 27.1 Å². The minimum atomic E-state index is -4.71. The number of carbonyl (C=O) groups is 1. The molecule has 1 aliphatic rings. The highest BCUT2D eigenvalue weighted by atomic mass is 32.2. The number of carboxylic acid groups (broad SMARTS) is 1. The highest BCUT2D eigenvalue weighted by Crippen LogP contribution is 2.27. The summed E-state index contributed by atoms with van der Waals surface area (Å²) in [6.07, 6.45) is 0.665. The van der Waals surface area contributed by atoms with Crippen LogP contribution in [-0.2, 0) is 28.2 Å². The van der Waals surface area contributed by atoms with Gasteiger partial charge >= 0.3 is 11.7 Å². The molecule has 2 N–H and O–H groups in total. The van der Waals surface area contributed by atoms with Crippen LogP contribution in [0.4, 0.5) is 14.6 Å². The molecule has 142 valence electrons. The zero-order chi connectivity index (χ0) is 20.1. The van der Waals surface area contributed by atoms with Gasteiger partial charge in [-0.2, -0.15) is 0 Å². The van der Waals surface area contributed by atoms with E-state index in [9.17, 15) is 31.6 Å². The van der Waals surface area contributed by atoms with Gasteiger partial charge in [-0.3, -0.25) is 13.9 Å². The minimum Gasteiger partial charge on any atom is -0.477 e. The Bertz CT molecular complexity index is 1240. The van der Waals surface area contributed by atoms with Crippen molar-refractivity contribution in [1.29, 1.82) is 0 Å². The number of hydrogen-bond acceptors (Lipinski definition) is 6. The van der Waals surface area contributed by atoms with E-state index < -0.39 is 60.9 Å². The van der Waals surface area contributed by atoms with Crippen molar-refractivity contribution in [2.75, 3.05) is 5.32 Å². The van der Waals surface area contributed by atoms with Crippen molar-refractivity contribution in [3.8, 4) is 0 Å². The lowest BCUT2D eigenvalue weighted by Gasteiger charge is -2.20. The number of anilines is 1. The normalized spacial score (nSPS) is 14.9. The summed E-state index contributed by atoms with van der Waals surface area (Å²) in [6.45, 7) is -0.544. The van der Waals surface area contributed by atoms with Gasteiger partial charge in [0.05, 0.1) is 6.54 Å². The topological polar surface area (TPSA) is 127 Å². The molecule has 27 heavy (non-hydrogen) atoms. The lowest BCUT2D eigenvalue weighted by Crippen LogP contribution is -2.44. The van der Waals surface area contributed by atoms with Crippen LogP contribution in [0.25, 0.3) is 0 Å². The third-order valence-corrected chi connectivity index (χ3v) is 5.72. The van der Waals surface area contributed by atoms with Gasteiger partial charge in [-0.15, -0.1) is 0 Å². The van der Waals surface area contributed by atoms with E-state index in [0.29, 0.717) is 10.8 Å². The number of nitrogens with one attached hydrogen (secondary N) is 1. The fraction of sp³-hybridized carbons (Fsp3) is 0.133. The van der Waals surface area contributed by atoms with Gasteiger partial charge in [0.15, 0.2) is 21.4 Å². The molecular weight excluding hydrogens is 388 g/mol. The minimum absolute atomic E-state index is 0.0308. The lowest BCUT2D eigenvalue weighted by atomic mass is 10.2. The van der Waals surface area contributed by atoms with E-state index in [1.807, 2.05) is 0 Å². The molecule has 0 atom stereocenters. The van der Waals surface area contributed by atoms with Crippen molar-refractivity contribution in [1.82, 2.24) is 9.13 Å². The molecule has 0 saturated heterocycles. The Kier molecular flexibility index (Phi) is 4.22. The molecule has 0 bridgehead atoms. The van der Waals surface area contributed by atoms with Crippen molar-refractivity contribution in [2.45, 2.75) is 11.4 Å². The Morgan fingerprint density at radius 2 is 1.89 bits per heavy atom. The van der Waals surface area contributed by atoms with Gasteiger partial charge in [0.1, 0.15) is 5.82 Å². The quantitative estimate of drug-likeness (QED) is 0.744. The van der Waals surface area contributed by atoms with E-state index in [1.54, 1.807) is 0 Å². The fourth-order valence-corrected chi connectivity index (χ4v) is 4.06. The van der Waals surface area contributed by atoms with Crippen molar-refractivity contribution in [2.24, 2.45) is 7.05 Å². The molecular formula is C15H11F2N3O6S. The number of aliphatic carboxylic acids is 1. The highest BCUT2D eigenvalue weighted by molar-refractivity contribution is 7.96. The molecule has 1 aromatic heterocycles. The summed E-state index contributed by atoms with van der Waals surface area (Å²) in [5, 5.41) is 11.4. The molecule has 0 unspecified atom stereocenters. The van der Waals surface area contributed by atoms with Gasteiger partial charge in [0.2, 0.25) is 9.84 Å². The van der Waals surface area contributed by atoms with Crippen LogP contribution >= 0.6 is 0 Å². The van der Waals surface area contributed by atoms with Crippen LogP contribution in [0.5, 0.6) is 0 Å². The zero-order valence-corrected chi connectivity index (χ0v) is 14.4. The standard InChI is InChI=1S/C15H11F2N3O6S/c1-19-12-11(27(25,26)10(5-18-12)14(22)23)13(21)20(15(19)24)6-7-2-3-8(16)9(17)4-7/h2-5,18H,6H2,1H3,(H,22,23). The molecule has 2 heterocycles. The first kappa shape index (κ1) is 18.5. The van der Waals surface area contributed by atoms with E-state index >= 15 is 0 Å². The van der Waals surface area contributed by atoms with Crippen LogP contribution in [0.15, 0.2) is 43.8 Å². The van der Waals surface area contributed by atoms with Gasteiger partial charge in [-0.25, -0.2) is 26.8 Å². The number of sulfone groups is 1. The number of carboxylic acids is 1. The van der Waals surface area contributed by atoms with Gasteiger partial charge < -0.3 is 10.4 Å². The van der Waals surface area contributed by atoms with E-state index in [1.165, 1.54) is 7.05 Å². The van der Waals surface area contributed by atoms with Crippen LogP contribution in [0, 0.1) is 11.6 Å². The van der Waals surface area contributed by atoms with Gasteiger partial charge in [-0.1, -0.05) is 6.07 Å². The molecule has 2 aromatic rings. The number of benzene rings is 1. The summed E-state index contributed by atoms with van der Waals surface area (Å²) < 4.78 is 52.7. The molecule has 12 heteroatoms. The maximum atomic E-state index is 13.4. The Labute approximate surface area is 149 Å². The molecule has 3 rings (SSSR count). The average molecular weight is 399 g/mol. The molecule has 0 aliphatic carbocycles. The highest BCUT2D eigenvalue weighted by Gasteiger charge is 2.37. The summed E-state index contributed by atoms with van der Waals surface area (Å²) in [7, 11) is -3.54. The van der Waals surface area contributed by atoms with Crippen molar-refractivity contribution in [3.05, 3.63) is 67.3 Å². The van der Waals surface area contributed by atoms with Gasteiger partial charge in [-0.05, 0) is 17.7 Å². The van der Waals surface area contributed by atoms with Crippen LogP contribution in [0.1, 0.15) is 5.56 Å². The van der Waals surface area contributed by atoms with Gasteiger partial charge in [0.25, 0.3) is 5.56 Å². The molecule has 1 aliphatic heterocycles. The Morgan fingerprint density at radius 1 is 1.22 bits per heavy atom. The molecule has 0 radical (unpaired) electrons. The first-order valence-corrected chi connectivity index (χ1v) is 8.77. The van der Waals surface area contributed by atoms with Crippen molar-refractivity contribution >= 4 is 21.6 Å². The van der Waals surface area contributed by atoms with E-state index in [0.717, 1.165) is 22.8 Å². The Morgan fingerprint density at radius 3 is 2.48 bits per heavy atom. The number of nitrogens with zero attached hydrogens (tertiary/aromatic N) is 2. The summed E-state index contributed by atoms with van der Waals surface area (Å²) >= 11 is 0. The molecule has 9 nitrogen and oxygen atoms in total. The van der Waals surface area contributed by atoms with Crippen molar-refractivity contribution in [3.63, 3.8) is 0 Å². The van der Waals surface area contributed by atoms with Crippen LogP contribution in [0.2, 0.25) is 0 Å². The second-order valence-electron chi connectivity index (χ2n) is 5.62. The maximum Gasteiger partial charge on any atom is 0.349 e. The number of halogens is 2. The number of hydrogen-bond donors (Lipinski definition) is 2. The molecule has 0 spiro atoms. The predicted molar refractivity (Wildman–Crippen MR) is 87.9 cm³/mol. The third kappa shape index (κ3) is 2.83. The van der Waals surface area contributed by atoms with E-state index in [-0.39, 0.29) is 5.56 Å². The zero-order valence-electron chi connectivity index (χ0n) is 13.6. The Balaban J connectivity index is 2.26. The number of fused-ring (bicyclic) bond motifs is 1. The summed E-state index contributed by atoms with van der Waals surface area (Å²) in [4.78, 5) is 34.3. The molecule has 0 saturated carbocycles. The average Bonchev–Trinajstić information content (AvgIpc) is 2.58. The van der Waals surface area contributed by atoms with Gasteiger partial charge in [0, 0.05) is 13.2 Å². The molecule has 0 fully saturated rings. The van der Waals surface area contributed by atoms with E-state index in [4.69, 9.17) is 5.11 Å². The predicted octanol–water partition coefficient (Wildman–Crippen LogP) is -0.00130. The SMILES string of the molecule is Cn1c2c(c(=O)n(Cc3ccc(F)c(F)c3)c1=O)S(=O)(=O)C(C(=O)O)=CN2. The monoisotopic (exact) mass is 399 g/mol. The Hall–Kier alpha value is -3.28. The lowest BCUT2D eigenvalue weighted by molar-refractivity contribution is -0.131. The molecule has 1 aromatic carbocycles. The van der Waals surface area contributed by atoms with Crippen LogP contribution < -0.4 is 16.6 Å². The molecule has 0 amide bonds. The van der Waals surface area contributed by atoms with Crippen LogP contribution in [0.3, 0.4) is 0 Å². The fourth-order valence-electron chi connectivity index (χ4n) is 2.60. The van der Waals surface area contributed by atoms with Crippen LogP contribution in [-0.4, -0.2) is 28.6 Å².